The standard InChI is InChI=1S/C21H26N2O3S/c1-5-18(15-7-10-17(25-4)11-8-15)22-21(27)23-19-12-9-16(13-14(19)3)20(24)26-6-2/h7-13,18H,5-6H2,1-4H3,(H2,22,23,27). The minimum atomic E-state index is -0.321. The van der Waals surface area contributed by atoms with Gasteiger partial charge in [0.2, 0.25) is 0 Å². The Kier molecular flexibility index (Phi) is 7.61. The molecule has 2 aromatic rings. The molecule has 0 radical (unpaired) electrons. The van der Waals surface area contributed by atoms with Gasteiger partial charge in [-0.2, -0.15) is 0 Å². The molecule has 0 heterocycles. The average molecular weight is 387 g/mol. The largest absolute Gasteiger partial charge is 0.497 e. The molecule has 144 valence electrons. The number of aryl methyl sites for hydroxylation is 1. The first-order valence-corrected chi connectivity index (χ1v) is 9.38. The highest BCUT2D eigenvalue weighted by atomic mass is 32.1. The van der Waals surface area contributed by atoms with Crippen molar-refractivity contribution in [2.24, 2.45) is 0 Å². The van der Waals surface area contributed by atoms with Gasteiger partial charge in [0.1, 0.15) is 5.75 Å². The van der Waals surface area contributed by atoms with Crippen LogP contribution in [0.4, 0.5) is 5.69 Å². The van der Waals surface area contributed by atoms with Crippen molar-refractivity contribution in [1.29, 1.82) is 0 Å². The Labute approximate surface area is 166 Å². The van der Waals surface area contributed by atoms with Crippen LogP contribution in [0.25, 0.3) is 0 Å². The van der Waals surface area contributed by atoms with Gasteiger partial charge in [-0.05, 0) is 73.9 Å². The molecule has 0 aliphatic carbocycles. The highest BCUT2D eigenvalue weighted by molar-refractivity contribution is 7.80. The number of hydrogen-bond donors (Lipinski definition) is 2. The molecule has 1 atom stereocenters. The maximum absolute atomic E-state index is 11.8. The van der Waals surface area contributed by atoms with E-state index in [1.54, 1.807) is 26.2 Å². The molecular formula is C21H26N2O3S. The third-order valence-corrected chi connectivity index (χ3v) is 4.44. The Morgan fingerprint density at radius 2 is 1.85 bits per heavy atom. The molecular weight excluding hydrogens is 360 g/mol. The summed E-state index contributed by atoms with van der Waals surface area (Å²) in [6.45, 7) is 6.17. The van der Waals surface area contributed by atoms with Crippen LogP contribution in [0.5, 0.6) is 5.75 Å². The summed E-state index contributed by atoms with van der Waals surface area (Å²) in [7, 11) is 1.65. The number of anilines is 1. The first kappa shape index (κ1) is 20.7. The first-order valence-electron chi connectivity index (χ1n) is 8.97. The van der Waals surface area contributed by atoms with Crippen LogP contribution in [0, 0.1) is 6.92 Å². The zero-order chi connectivity index (χ0) is 19.8. The fraction of sp³-hybridized carbons (Fsp3) is 0.333. The fourth-order valence-electron chi connectivity index (χ4n) is 2.72. The second-order valence-corrected chi connectivity index (χ2v) is 6.49. The van der Waals surface area contributed by atoms with E-state index < -0.39 is 0 Å². The molecule has 27 heavy (non-hydrogen) atoms. The van der Waals surface area contributed by atoms with E-state index in [0.717, 1.165) is 29.0 Å². The number of carbonyl (C=O) groups excluding carboxylic acids is 1. The molecule has 1 unspecified atom stereocenters. The van der Waals surface area contributed by atoms with Gasteiger partial charge in [-0.1, -0.05) is 19.1 Å². The van der Waals surface area contributed by atoms with Crippen molar-refractivity contribution in [2.45, 2.75) is 33.2 Å². The van der Waals surface area contributed by atoms with Crippen LogP contribution in [0.3, 0.4) is 0 Å². The molecule has 0 amide bonds. The van der Waals surface area contributed by atoms with E-state index in [0.29, 0.717) is 17.3 Å². The summed E-state index contributed by atoms with van der Waals surface area (Å²) >= 11 is 5.47. The molecule has 0 fully saturated rings. The Morgan fingerprint density at radius 3 is 2.41 bits per heavy atom. The lowest BCUT2D eigenvalue weighted by Crippen LogP contribution is -2.32. The van der Waals surface area contributed by atoms with Crippen LogP contribution in [0.1, 0.15) is 47.8 Å². The molecule has 2 aromatic carbocycles. The van der Waals surface area contributed by atoms with Gasteiger partial charge < -0.3 is 20.1 Å². The van der Waals surface area contributed by atoms with Gasteiger partial charge >= 0.3 is 5.97 Å². The normalized spacial score (nSPS) is 11.4. The average Bonchev–Trinajstić information content (AvgIpc) is 2.68. The monoisotopic (exact) mass is 386 g/mol. The summed E-state index contributed by atoms with van der Waals surface area (Å²) < 4.78 is 10.2. The quantitative estimate of drug-likeness (QED) is 0.535. The van der Waals surface area contributed by atoms with Crippen molar-refractivity contribution in [3.63, 3.8) is 0 Å². The SMILES string of the molecule is CCOC(=O)c1ccc(NC(=S)NC(CC)c2ccc(OC)cc2)c(C)c1. The van der Waals surface area contributed by atoms with Gasteiger partial charge in [0.25, 0.3) is 0 Å². The third kappa shape index (κ3) is 5.69. The van der Waals surface area contributed by atoms with Crippen LogP contribution in [0.2, 0.25) is 0 Å². The van der Waals surface area contributed by atoms with Gasteiger partial charge in [-0.15, -0.1) is 0 Å². The Morgan fingerprint density at radius 1 is 1.15 bits per heavy atom. The Balaban J connectivity index is 2.04. The Hall–Kier alpha value is -2.60. The number of ether oxygens (including phenoxy) is 2. The number of nitrogens with one attached hydrogen (secondary N) is 2. The predicted molar refractivity (Wildman–Crippen MR) is 113 cm³/mol. The maximum atomic E-state index is 11.8. The predicted octanol–water partition coefficient (Wildman–Crippen LogP) is 4.62. The molecule has 2 rings (SSSR count). The maximum Gasteiger partial charge on any atom is 0.338 e. The molecule has 5 nitrogen and oxygen atoms in total. The number of methoxy groups -OCH3 is 1. The Bertz CT molecular complexity index is 791. The van der Waals surface area contributed by atoms with Gasteiger partial charge in [0.05, 0.1) is 25.3 Å². The number of rotatable bonds is 7. The molecule has 2 N–H and O–H groups in total. The van der Waals surface area contributed by atoms with Crippen molar-refractivity contribution in [3.8, 4) is 5.75 Å². The van der Waals surface area contributed by atoms with E-state index in [4.69, 9.17) is 21.7 Å². The zero-order valence-electron chi connectivity index (χ0n) is 16.2. The smallest absolute Gasteiger partial charge is 0.338 e. The van der Waals surface area contributed by atoms with Gasteiger partial charge in [0.15, 0.2) is 5.11 Å². The fourth-order valence-corrected chi connectivity index (χ4v) is 2.97. The molecule has 0 bridgehead atoms. The zero-order valence-corrected chi connectivity index (χ0v) is 17.0. The van der Waals surface area contributed by atoms with Crippen molar-refractivity contribution in [2.75, 3.05) is 19.0 Å². The number of hydrogen-bond acceptors (Lipinski definition) is 4. The summed E-state index contributed by atoms with van der Waals surface area (Å²) in [5.74, 6) is 0.505. The minimum Gasteiger partial charge on any atom is -0.497 e. The summed E-state index contributed by atoms with van der Waals surface area (Å²) in [5.41, 5.74) is 3.44. The van der Waals surface area contributed by atoms with Crippen LogP contribution >= 0.6 is 12.2 Å². The number of thiocarbonyl (C=S) groups is 1. The molecule has 0 aliphatic heterocycles. The van der Waals surface area contributed by atoms with E-state index >= 15 is 0 Å². The van der Waals surface area contributed by atoms with E-state index in [9.17, 15) is 4.79 Å². The second kappa shape index (κ2) is 9.92. The molecule has 0 saturated heterocycles. The highest BCUT2D eigenvalue weighted by Crippen LogP contribution is 2.21. The van der Waals surface area contributed by atoms with Crippen molar-refractivity contribution < 1.29 is 14.3 Å². The summed E-state index contributed by atoms with van der Waals surface area (Å²) in [4.78, 5) is 11.8. The summed E-state index contributed by atoms with van der Waals surface area (Å²) in [6, 6.07) is 13.4. The minimum absolute atomic E-state index is 0.0926. The van der Waals surface area contributed by atoms with E-state index in [1.165, 1.54) is 0 Å². The lowest BCUT2D eigenvalue weighted by molar-refractivity contribution is 0.0526. The summed E-state index contributed by atoms with van der Waals surface area (Å²) in [5, 5.41) is 7.08. The number of benzene rings is 2. The van der Waals surface area contributed by atoms with Crippen LogP contribution in [-0.4, -0.2) is 24.8 Å². The summed E-state index contributed by atoms with van der Waals surface area (Å²) in [6.07, 6.45) is 0.884. The van der Waals surface area contributed by atoms with Gasteiger partial charge in [-0.3, -0.25) is 0 Å². The van der Waals surface area contributed by atoms with E-state index in [2.05, 4.69) is 17.6 Å². The van der Waals surface area contributed by atoms with Crippen LogP contribution in [-0.2, 0) is 4.74 Å². The molecule has 6 heteroatoms. The third-order valence-electron chi connectivity index (χ3n) is 4.22. The molecule has 0 aromatic heterocycles. The van der Waals surface area contributed by atoms with E-state index in [1.807, 2.05) is 37.3 Å². The van der Waals surface area contributed by atoms with E-state index in [-0.39, 0.29) is 12.0 Å². The van der Waals surface area contributed by atoms with Gasteiger partial charge in [-0.25, -0.2) is 4.79 Å². The van der Waals surface area contributed by atoms with Crippen molar-refractivity contribution >= 4 is 29.0 Å². The van der Waals surface area contributed by atoms with Crippen molar-refractivity contribution in [1.82, 2.24) is 5.32 Å². The molecule has 0 spiro atoms. The number of esters is 1. The van der Waals surface area contributed by atoms with Crippen LogP contribution < -0.4 is 15.4 Å². The highest BCUT2D eigenvalue weighted by Gasteiger charge is 2.13. The lowest BCUT2D eigenvalue weighted by Gasteiger charge is -2.21. The lowest BCUT2D eigenvalue weighted by atomic mass is 10.0. The van der Waals surface area contributed by atoms with Gasteiger partial charge in [0, 0.05) is 5.69 Å². The van der Waals surface area contributed by atoms with Crippen LogP contribution in [0.15, 0.2) is 42.5 Å². The topological polar surface area (TPSA) is 59.6 Å². The molecule has 0 saturated carbocycles. The second-order valence-electron chi connectivity index (χ2n) is 6.08. The first-order chi connectivity index (χ1) is 13.0. The van der Waals surface area contributed by atoms with Crippen molar-refractivity contribution in [3.05, 3.63) is 59.2 Å². The molecule has 0 aliphatic rings. The number of carbonyl (C=O) groups is 1.